The Balaban J connectivity index is 1.95. The van der Waals surface area contributed by atoms with Crippen LogP contribution in [0.15, 0.2) is 30.6 Å². The van der Waals surface area contributed by atoms with E-state index in [-0.39, 0.29) is 0 Å². The lowest BCUT2D eigenvalue weighted by atomic mass is 10.1. The van der Waals surface area contributed by atoms with Crippen molar-refractivity contribution < 1.29 is 0 Å². The first-order valence-corrected chi connectivity index (χ1v) is 4.36. The number of nitrogens with one attached hydrogen (secondary N) is 1. The molecule has 2 aromatic rings. The zero-order chi connectivity index (χ0) is 9.80. The summed E-state index contributed by atoms with van der Waals surface area (Å²) in [5.74, 6) is 0. The van der Waals surface area contributed by atoms with Crippen molar-refractivity contribution in [3.8, 4) is 0 Å². The number of hydrogen-bond donors (Lipinski definition) is 0. The van der Waals surface area contributed by atoms with Gasteiger partial charge in [-0.25, -0.2) is 4.68 Å². The summed E-state index contributed by atoms with van der Waals surface area (Å²) in [6, 6.07) is 7.48. The third-order valence-corrected chi connectivity index (χ3v) is 1.97. The number of hydrogen-bond acceptors (Lipinski definition) is 3. The van der Waals surface area contributed by atoms with Gasteiger partial charge in [-0.1, -0.05) is 12.1 Å². The van der Waals surface area contributed by atoms with E-state index in [1.165, 1.54) is 5.56 Å². The standard InChI is InChI=1S/C9H10N5/c10-9-3-1-8(2-4-9)5-6-14-7-11-12-13-14/h1-4,7,10H,5-6H2. The molecule has 0 aliphatic heterocycles. The van der Waals surface area contributed by atoms with Gasteiger partial charge in [0.15, 0.2) is 0 Å². The van der Waals surface area contributed by atoms with Crippen molar-refractivity contribution in [2.24, 2.45) is 0 Å². The summed E-state index contributed by atoms with van der Waals surface area (Å²) in [5, 5.41) is 10.9. The van der Waals surface area contributed by atoms with Gasteiger partial charge in [-0.2, -0.15) is 0 Å². The Labute approximate surface area is 81.5 Å². The van der Waals surface area contributed by atoms with E-state index in [1.807, 2.05) is 12.1 Å². The van der Waals surface area contributed by atoms with E-state index in [0.29, 0.717) is 5.69 Å². The van der Waals surface area contributed by atoms with E-state index in [2.05, 4.69) is 15.5 Å². The Morgan fingerprint density at radius 2 is 2.00 bits per heavy atom. The smallest absolute Gasteiger partial charge is 0.138 e. The highest BCUT2D eigenvalue weighted by molar-refractivity contribution is 5.35. The summed E-state index contributed by atoms with van der Waals surface area (Å²) in [6.45, 7) is 0.768. The first-order chi connectivity index (χ1) is 6.84. The molecule has 0 fully saturated rings. The molecule has 0 aliphatic rings. The highest BCUT2D eigenvalue weighted by Gasteiger charge is 1.95. The van der Waals surface area contributed by atoms with Gasteiger partial charge in [-0.3, -0.25) is 0 Å². The van der Waals surface area contributed by atoms with Gasteiger partial charge in [0, 0.05) is 6.54 Å². The fourth-order valence-electron chi connectivity index (χ4n) is 1.20. The van der Waals surface area contributed by atoms with Crippen molar-refractivity contribution >= 4 is 5.69 Å². The van der Waals surface area contributed by atoms with E-state index in [0.717, 1.165) is 13.0 Å². The molecular formula is C9H10N5. The molecule has 5 nitrogen and oxygen atoms in total. The van der Waals surface area contributed by atoms with Crippen LogP contribution in [0.5, 0.6) is 0 Å². The normalized spacial score (nSPS) is 10.3. The molecule has 0 unspecified atom stereocenters. The maximum absolute atomic E-state index is 7.33. The number of nitrogens with zero attached hydrogens (tertiary/aromatic N) is 4. The molecule has 1 aromatic heterocycles. The minimum atomic E-state index is 0.538. The summed E-state index contributed by atoms with van der Waals surface area (Å²) < 4.78 is 1.69. The second-order valence-electron chi connectivity index (χ2n) is 3.02. The lowest BCUT2D eigenvalue weighted by Gasteiger charge is -2.00. The second-order valence-corrected chi connectivity index (χ2v) is 3.02. The zero-order valence-electron chi connectivity index (χ0n) is 7.59. The van der Waals surface area contributed by atoms with Crippen LogP contribution in [0.25, 0.3) is 0 Å². The Bertz CT molecular complexity index is 378. The van der Waals surface area contributed by atoms with Crippen molar-refractivity contribution in [3.63, 3.8) is 0 Å². The van der Waals surface area contributed by atoms with Gasteiger partial charge in [-0.15, -0.1) is 5.10 Å². The zero-order valence-corrected chi connectivity index (χ0v) is 7.59. The van der Waals surface area contributed by atoms with Gasteiger partial charge in [0.25, 0.3) is 0 Å². The SMILES string of the molecule is [NH]c1ccc(CCn2cnnn2)cc1. The number of benzene rings is 1. The van der Waals surface area contributed by atoms with Crippen LogP contribution in [0, 0.1) is 0 Å². The molecule has 0 saturated heterocycles. The number of aryl methyl sites for hydroxylation is 2. The Morgan fingerprint density at radius 1 is 1.21 bits per heavy atom. The van der Waals surface area contributed by atoms with Crippen LogP contribution < -0.4 is 5.73 Å². The van der Waals surface area contributed by atoms with Crippen LogP contribution in [0.1, 0.15) is 5.56 Å². The molecule has 1 heterocycles. The minimum Gasteiger partial charge on any atom is -0.301 e. The van der Waals surface area contributed by atoms with Gasteiger partial charge in [-0.05, 0) is 34.5 Å². The monoisotopic (exact) mass is 188 g/mol. The van der Waals surface area contributed by atoms with E-state index < -0.39 is 0 Å². The molecule has 1 aromatic carbocycles. The summed E-state index contributed by atoms with van der Waals surface area (Å²) in [5.41, 5.74) is 9.05. The van der Waals surface area contributed by atoms with Gasteiger partial charge < -0.3 is 5.73 Å². The Kier molecular flexibility index (Phi) is 2.40. The van der Waals surface area contributed by atoms with Crippen LogP contribution in [0.3, 0.4) is 0 Å². The van der Waals surface area contributed by atoms with E-state index in [1.54, 1.807) is 23.1 Å². The molecule has 0 aliphatic carbocycles. The van der Waals surface area contributed by atoms with Crippen LogP contribution in [-0.2, 0) is 13.0 Å². The molecule has 5 heteroatoms. The maximum Gasteiger partial charge on any atom is 0.138 e. The van der Waals surface area contributed by atoms with E-state index in [9.17, 15) is 0 Å². The first kappa shape index (κ1) is 8.68. The third kappa shape index (κ3) is 2.07. The Morgan fingerprint density at radius 3 is 2.64 bits per heavy atom. The number of rotatable bonds is 3. The molecule has 0 spiro atoms. The van der Waals surface area contributed by atoms with E-state index in [4.69, 9.17) is 5.73 Å². The van der Waals surface area contributed by atoms with Crippen LogP contribution in [0.4, 0.5) is 5.69 Å². The number of tetrazole rings is 1. The lowest BCUT2D eigenvalue weighted by Crippen LogP contribution is -2.01. The second kappa shape index (κ2) is 3.87. The van der Waals surface area contributed by atoms with Crippen molar-refractivity contribution in [3.05, 3.63) is 36.2 Å². The third-order valence-electron chi connectivity index (χ3n) is 1.97. The van der Waals surface area contributed by atoms with Gasteiger partial charge >= 0.3 is 0 Å². The molecule has 0 saturated carbocycles. The summed E-state index contributed by atoms with van der Waals surface area (Å²) >= 11 is 0. The van der Waals surface area contributed by atoms with Gasteiger partial charge in [0.2, 0.25) is 0 Å². The lowest BCUT2D eigenvalue weighted by molar-refractivity contribution is 0.589. The van der Waals surface area contributed by atoms with E-state index >= 15 is 0 Å². The fraction of sp³-hybridized carbons (Fsp3) is 0.222. The van der Waals surface area contributed by atoms with Crippen molar-refractivity contribution in [2.75, 3.05) is 0 Å². The summed E-state index contributed by atoms with van der Waals surface area (Å²) in [6.07, 6.45) is 2.48. The molecule has 1 N–H and O–H groups in total. The molecule has 14 heavy (non-hydrogen) atoms. The molecule has 71 valence electrons. The average Bonchev–Trinajstić information content (AvgIpc) is 2.70. The molecule has 0 atom stereocenters. The molecular weight excluding hydrogens is 178 g/mol. The van der Waals surface area contributed by atoms with Crippen molar-refractivity contribution in [1.29, 1.82) is 0 Å². The number of aromatic nitrogens is 4. The summed E-state index contributed by atoms with van der Waals surface area (Å²) in [4.78, 5) is 0. The molecule has 1 radical (unpaired) electrons. The van der Waals surface area contributed by atoms with Gasteiger partial charge in [0.1, 0.15) is 6.33 Å². The highest BCUT2D eigenvalue weighted by Crippen LogP contribution is 2.07. The molecule has 0 amide bonds. The maximum atomic E-state index is 7.33. The quantitative estimate of drug-likeness (QED) is 0.716. The van der Waals surface area contributed by atoms with Crippen LogP contribution >= 0.6 is 0 Å². The topological polar surface area (TPSA) is 67.4 Å². The van der Waals surface area contributed by atoms with Crippen LogP contribution in [-0.4, -0.2) is 20.2 Å². The first-order valence-electron chi connectivity index (χ1n) is 4.36. The van der Waals surface area contributed by atoms with Crippen LogP contribution in [0.2, 0.25) is 0 Å². The highest BCUT2D eigenvalue weighted by atomic mass is 15.5. The largest absolute Gasteiger partial charge is 0.301 e. The minimum absolute atomic E-state index is 0.538. The van der Waals surface area contributed by atoms with Crippen molar-refractivity contribution in [2.45, 2.75) is 13.0 Å². The Hall–Kier alpha value is -1.91. The predicted octanol–water partition coefficient (Wildman–Crippen LogP) is 0.830. The summed E-state index contributed by atoms with van der Waals surface area (Å²) in [7, 11) is 0. The average molecular weight is 188 g/mol. The predicted molar refractivity (Wildman–Crippen MR) is 50.7 cm³/mol. The molecule has 0 bridgehead atoms. The van der Waals surface area contributed by atoms with Gasteiger partial charge in [0.05, 0.1) is 5.69 Å². The van der Waals surface area contributed by atoms with Crippen molar-refractivity contribution in [1.82, 2.24) is 25.9 Å². The fourth-order valence-corrected chi connectivity index (χ4v) is 1.20. The molecule has 2 rings (SSSR count).